The van der Waals surface area contributed by atoms with E-state index < -0.39 is 10.1 Å². The van der Waals surface area contributed by atoms with Crippen LogP contribution in [-0.4, -0.2) is 63.5 Å². The Morgan fingerprint density at radius 2 is 1.69 bits per heavy atom. The highest BCUT2D eigenvalue weighted by Gasteiger charge is 2.50. The first-order chi connectivity index (χ1) is 18.5. The number of piperidine rings is 1. The van der Waals surface area contributed by atoms with Gasteiger partial charge in [0.2, 0.25) is 11.8 Å². The van der Waals surface area contributed by atoms with Gasteiger partial charge in [-0.1, -0.05) is 69.3 Å². The van der Waals surface area contributed by atoms with Crippen LogP contribution in [0.5, 0.6) is 0 Å². The van der Waals surface area contributed by atoms with Crippen LogP contribution in [0, 0.1) is 5.41 Å². The molecule has 7 nitrogen and oxygen atoms in total. The third kappa shape index (κ3) is 5.81. The van der Waals surface area contributed by atoms with Gasteiger partial charge in [-0.25, -0.2) is 4.79 Å². The number of rotatable bonds is 6. The van der Waals surface area contributed by atoms with E-state index in [0.717, 1.165) is 36.1 Å². The molecule has 0 bridgehead atoms. The van der Waals surface area contributed by atoms with Gasteiger partial charge in [0.05, 0.1) is 5.25 Å². The summed E-state index contributed by atoms with van der Waals surface area (Å²) >= 11 is 1.61. The number of nitrogens with one attached hydrogen (secondary N) is 1. The van der Waals surface area contributed by atoms with Crippen LogP contribution in [0.2, 0.25) is 0 Å². The number of benzene rings is 2. The van der Waals surface area contributed by atoms with Gasteiger partial charge in [-0.2, -0.15) is 0 Å². The van der Waals surface area contributed by atoms with Crippen molar-refractivity contribution in [2.75, 3.05) is 25.0 Å². The van der Waals surface area contributed by atoms with E-state index in [-0.39, 0.29) is 35.7 Å². The van der Waals surface area contributed by atoms with Crippen LogP contribution < -0.4 is 5.32 Å². The Morgan fingerprint density at radius 1 is 1.03 bits per heavy atom. The normalized spacial score (nSPS) is 24.1. The molecule has 0 aliphatic carbocycles. The molecule has 3 aliphatic rings. The number of hydrogen-bond donors (Lipinski definition) is 1. The summed E-state index contributed by atoms with van der Waals surface area (Å²) in [5.74, 6) is 0.0864. The van der Waals surface area contributed by atoms with Crippen LogP contribution in [0.15, 0.2) is 54.6 Å². The number of anilines is 1. The average Bonchev–Trinajstić information content (AvgIpc) is 3.16. The summed E-state index contributed by atoms with van der Waals surface area (Å²) in [5, 5.41) is 2.60. The molecule has 2 saturated heterocycles. The van der Waals surface area contributed by atoms with Crippen LogP contribution in [-0.2, 0) is 21.0 Å². The zero-order valence-corrected chi connectivity index (χ0v) is 24.3. The van der Waals surface area contributed by atoms with E-state index in [1.54, 1.807) is 11.8 Å². The number of carbonyl (C=O) groups excluding carboxylic acids is 3. The van der Waals surface area contributed by atoms with Crippen LogP contribution in [0.25, 0.3) is 0 Å². The van der Waals surface area contributed by atoms with Crippen molar-refractivity contribution in [3.63, 3.8) is 0 Å². The number of hydrogen-bond acceptors (Lipinski definition) is 4. The van der Waals surface area contributed by atoms with Gasteiger partial charge >= 0.3 is 6.03 Å². The molecule has 3 heterocycles. The fourth-order valence-electron chi connectivity index (χ4n) is 5.88. The van der Waals surface area contributed by atoms with Gasteiger partial charge in [0, 0.05) is 44.3 Å². The molecule has 2 unspecified atom stereocenters. The number of fused-ring (bicyclic) bond motifs is 1. The molecule has 1 N–H and O–H groups in total. The Bertz CT molecular complexity index is 1220. The molecule has 0 saturated carbocycles. The maximum atomic E-state index is 13.7. The second kappa shape index (κ2) is 10.9. The van der Waals surface area contributed by atoms with E-state index in [0.29, 0.717) is 26.2 Å². The zero-order chi connectivity index (χ0) is 27.8. The zero-order valence-electron chi connectivity index (χ0n) is 23.5. The van der Waals surface area contributed by atoms with Crippen LogP contribution in [0.1, 0.15) is 64.5 Å². The van der Waals surface area contributed by atoms with Gasteiger partial charge in [-0.15, -0.1) is 11.8 Å². The Hall–Kier alpha value is -3.00. The number of para-hydroxylation sites is 1. The van der Waals surface area contributed by atoms with Crippen molar-refractivity contribution in [3.8, 4) is 0 Å². The number of urea groups is 1. The van der Waals surface area contributed by atoms with E-state index in [1.807, 2.05) is 57.2 Å². The SMILES string of the molecule is CC(C)(C)CCN1C(=O)C(CC(=O)N2CCC(N3Cc4ccccc4NC3=O)CC2)SC1(C)c1ccccc1. The fraction of sp³-hybridized carbons (Fsp3) is 0.516. The first-order valence-corrected chi connectivity index (χ1v) is 14.9. The second-order valence-electron chi connectivity index (χ2n) is 12.3. The van der Waals surface area contributed by atoms with Crippen LogP contribution in [0.3, 0.4) is 0 Å². The summed E-state index contributed by atoms with van der Waals surface area (Å²) in [5.41, 5.74) is 3.19. The maximum Gasteiger partial charge on any atom is 0.322 e. The quantitative estimate of drug-likeness (QED) is 0.505. The summed E-state index contributed by atoms with van der Waals surface area (Å²) in [7, 11) is 0. The average molecular weight is 549 g/mol. The first kappa shape index (κ1) is 27.6. The third-order valence-corrected chi connectivity index (χ3v) is 9.87. The number of amides is 4. The van der Waals surface area contributed by atoms with Gasteiger partial charge in [-0.05, 0) is 48.8 Å². The minimum absolute atomic E-state index is 0.0285. The highest BCUT2D eigenvalue weighted by molar-refractivity contribution is 8.02. The lowest BCUT2D eigenvalue weighted by Crippen LogP contribution is -2.51. The molecule has 8 heteroatoms. The molecule has 5 rings (SSSR count). The lowest BCUT2D eigenvalue weighted by atomic mass is 9.91. The Kier molecular flexibility index (Phi) is 7.68. The van der Waals surface area contributed by atoms with E-state index in [1.165, 1.54) is 0 Å². The summed E-state index contributed by atoms with van der Waals surface area (Å²) in [6.45, 7) is 11.2. The molecular formula is C31H40N4O3S. The van der Waals surface area contributed by atoms with Crippen LogP contribution in [0.4, 0.5) is 10.5 Å². The maximum absolute atomic E-state index is 13.7. The van der Waals surface area contributed by atoms with E-state index in [9.17, 15) is 14.4 Å². The molecule has 0 spiro atoms. The number of likely N-dealkylation sites (tertiary alicyclic amines) is 1. The summed E-state index contributed by atoms with van der Waals surface area (Å²) in [6, 6.07) is 18.1. The predicted octanol–water partition coefficient (Wildman–Crippen LogP) is 5.67. The smallest absolute Gasteiger partial charge is 0.322 e. The van der Waals surface area contributed by atoms with Crippen molar-refractivity contribution in [2.24, 2.45) is 5.41 Å². The highest BCUT2D eigenvalue weighted by Crippen LogP contribution is 2.50. The summed E-state index contributed by atoms with van der Waals surface area (Å²) in [4.78, 5) is 45.2. The summed E-state index contributed by atoms with van der Waals surface area (Å²) in [6.07, 6.45) is 2.59. The molecule has 2 atom stereocenters. The van der Waals surface area contributed by atoms with Gasteiger partial charge in [-0.3, -0.25) is 9.59 Å². The molecule has 2 aromatic carbocycles. The van der Waals surface area contributed by atoms with Crippen molar-refractivity contribution in [2.45, 2.75) is 76.1 Å². The van der Waals surface area contributed by atoms with Crippen molar-refractivity contribution in [3.05, 3.63) is 65.7 Å². The standard InChI is InChI=1S/C31H40N4O3S/c1-30(2,3)16-19-35-28(37)26(39-31(35,4)23-11-6-5-7-12-23)20-27(36)33-17-14-24(15-18-33)34-21-22-10-8-9-13-25(22)32-29(34)38/h5-13,24,26H,14-21H2,1-4H3,(H,32,38). The largest absolute Gasteiger partial charge is 0.342 e. The van der Waals surface area contributed by atoms with E-state index >= 15 is 0 Å². The Morgan fingerprint density at radius 3 is 2.38 bits per heavy atom. The Balaban J connectivity index is 1.22. The van der Waals surface area contributed by atoms with Crippen molar-refractivity contribution >= 4 is 35.3 Å². The first-order valence-electron chi connectivity index (χ1n) is 14.0. The second-order valence-corrected chi connectivity index (χ2v) is 13.9. The third-order valence-electron chi connectivity index (χ3n) is 8.30. The molecule has 4 amide bonds. The van der Waals surface area contributed by atoms with E-state index in [2.05, 4.69) is 45.1 Å². The van der Waals surface area contributed by atoms with Gasteiger partial charge in [0.25, 0.3) is 0 Å². The molecule has 2 fully saturated rings. The minimum atomic E-state index is -0.501. The molecule has 0 radical (unpaired) electrons. The molecular weight excluding hydrogens is 508 g/mol. The molecule has 0 aromatic heterocycles. The monoisotopic (exact) mass is 548 g/mol. The van der Waals surface area contributed by atoms with Crippen molar-refractivity contribution < 1.29 is 14.4 Å². The van der Waals surface area contributed by atoms with Crippen LogP contribution >= 0.6 is 11.8 Å². The molecule has 3 aliphatic heterocycles. The number of thioether (sulfide) groups is 1. The van der Waals surface area contributed by atoms with Gasteiger partial charge in [0.15, 0.2) is 0 Å². The van der Waals surface area contributed by atoms with Gasteiger partial charge in [0.1, 0.15) is 4.87 Å². The topological polar surface area (TPSA) is 73.0 Å². The lowest BCUT2D eigenvalue weighted by molar-refractivity contribution is -0.138. The summed E-state index contributed by atoms with van der Waals surface area (Å²) < 4.78 is 0. The number of carbonyl (C=O) groups is 3. The van der Waals surface area contributed by atoms with E-state index in [4.69, 9.17) is 0 Å². The molecule has 208 valence electrons. The number of nitrogens with zero attached hydrogens (tertiary/aromatic N) is 3. The van der Waals surface area contributed by atoms with Crippen molar-refractivity contribution in [1.82, 2.24) is 14.7 Å². The highest BCUT2D eigenvalue weighted by atomic mass is 32.2. The molecule has 2 aromatic rings. The minimum Gasteiger partial charge on any atom is -0.342 e. The lowest BCUT2D eigenvalue weighted by Gasteiger charge is -2.40. The van der Waals surface area contributed by atoms with Gasteiger partial charge < -0.3 is 20.0 Å². The molecule has 39 heavy (non-hydrogen) atoms. The predicted molar refractivity (Wildman–Crippen MR) is 156 cm³/mol. The fourth-order valence-corrected chi connectivity index (χ4v) is 7.47. The van der Waals surface area contributed by atoms with Crippen molar-refractivity contribution in [1.29, 1.82) is 0 Å². The Labute approximate surface area is 236 Å².